The van der Waals surface area contributed by atoms with Crippen molar-refractivity contribution in [2.45, 2.75) is 20.4 Å². The van der Waals surface area contributed by atoms with E-state index in [4.69, 9.17) is 0 Å². The first kappa shape index (κ1) is 17.0. The number of hydrogen-bond acceptors (Lipinski definition) is 2. The molecule has 4 rings (SSSR count). The van der Waals surface area contributed by atoms with Crippen LogP contribution in [0.25, 0.3) is 22.2 Å². The van der Waals surface area contributed by atoms with Gasteiger partial charge in [-0.15, -0.1) is 0 Å². The van der Waals surface area contributed by atoms with Gasteiger partial charge >= 0.3 is 0 Å². The third kappa shape index (κ3) is 3.21. The Kier molecular flexibility index (Phi) is 4.24. The highest BCUT2D eigenvalue weighted by Gasteiger charge is 2.14. The predicted octanol–water partition coefficient (Wildman–Crippen LogP) is 4.24. The summed E-state index contributed by atoms with van der Waals surface area (Å²) in [4.78, 5) is 15.4. The Labute approximate surface area is 155 Å². The second-order valence-corrected chi connectivity index (χ2v) is 6.60. The summed E-state index contributed by atoms with van der Waals surface area (Å²) >= 11 is 0. The first-order valence-corrected chi connectivity index (χ1v) is 8.69. The van der Waals surface area contributed by atoms with Crippen molar-refractivity contribution in [3.8, 4) is 11.3 Å². The second-order valence-electron chi connectivity index (χ2n) is 6.60. The van der Waals surface area contributed by atoms with E-state index in [1.165, 1.54) is 6.07 Å². The molecule has 0 aliphatic heterocycles. The maximum absolute atomic E-state index is 14.2. The fourth-order valence-electron chi connectivity index (χ4n) is 3.22. The van der Waals surface area contributed by atoms with Crippen LogP contribution in [0.4, 0.5) is 4.39 Å². The lowest BCUT2D eigenvalue weighted by Gasteiger charge is -2.04. The molecule has 136 valence electrons. The lowest BCUT2D eigenvalue weighted by molar-refractivity contribution is 0.0946. The van der Waals surface area contributed by atoms with Crippen LogP contribution in [0.5, 0.6) is 0 Å². The molecule has 0 aliphatic carbocycles. The van der Waals surface area contributed by atoms with Crippen LogP contribution in [-0.2, 0) is 6.54 Å². The normalized spacial score (nSPS) is 11.1. The Morgan fingerprint density at radius 3 is 2.70 bits per heavy atom. The Balaban J connectivity index is 1.60. The summed E-state index contributed by atoms with van der Waals surface area (Å²) in [5, 5.41) is 10.6. The highest BCUT2D eigenvalue weighted by Crippen LogP contribution is 2.31. The minimum absolute atomic E-state index is 0.225. The first-order chi connectivity index (χ1) is 13.0. The summed E-state index contributed by atoms with van der Waals surface area (Å²) in [6.45, 7) is 4.20. The van der Waals surface area contributed by atoms with Gasteiger partial charge in [0, 0.05) is 28.7 Å². The maximum Gasteiger partial charge on any atom is 0.272 e. The van der Waals surface area contributed by atoms with E-state index in [9.17, 15) is 9.18 Å². The van der Waals surface area contributed by atoms with Crippen LogP contribution in [0.3, 0.4) is 0 Å². The molecular weight excluding hydrogens is 343 g/mol. The molecule has 2 aromatic carbocycles. The molecule has 27 heavy (non-hydrogen) atoms. The molecule has 0 radical (unpaired) electrons. The van der Waals surface area contributed by atoms with Gasteiger partial charge in [0.05, 0.1) is 5.69 Å². The number of rotatable bonds is 4. The standard InChI is InChI=1S/C21H19FN4O/c1-12-9-19(26-25-12)21(27)23-11-14-7-8-18-16(10-14)13(2)20(24-18)15-5-3-4-6-17(15)22/h3-10,24H,11H2,1-2H3,(H,23,27)(H,25,26). The Morgan fingerprint density at radius 2 is 1.96 bits per heavy atom. The van der Waals surface area contributed by atoms with Crippen molar-refractivity contribution >= 4 is 16.8 Å². The average Bonchev–Trinajstić information content (AvgIpc) is 3.24. The summed E-state index contributed by atoms with van der Waals surface area (Å²) in [5.41, 5.74) is 5.41. The van der Waals surface area contributed by atoms with Gasteiger partial charge in [0.2, 0.25) is 0 Å². The molecule has 0 fully saturated rings. The molecule has 2 heterocycles. The van der Waals surface area contributed by atoms with Crippen molar-refractivity contribution in [1.29, 1.82) is 0 Å². The Hall–Kier alpha value is -3.41. The number of carbonyl (C=O) groups is 1. The number of aromatic nitrogens is 3. The highest BCUT2D eigenvalue weighted by atomic mass is 19.1. The summed E-state index contributed by atoms with van der Waals surface area (Å²) in [6, 6.07) is 14.3. The van der Waals surface area contributed by atoms with Crippen LogP contribution >= 0.6 is 0 Å². The van der Waals surface area contributed by atoms with Crippen LogP contribution in [-0.4, -0.2) is 21.1 Å². The zero-order chi connectivity index (χ0) is 19.0. The van der Waals surface area contributed by atoms with Crippen LogP contribution in [0, 0.1) is 19.7 Å². The fraction of sp³-hybridized carbons (Fsp3) is 0.143. The number of nitrogens with zero attached hydrogens (tertiary/aromatic N) is 1. The van der Waals surface area contributed by atoms with Gasteiger partial charge in [-0.3, -0.25) is 9.89 Å². The maximum atomic E-state index is 14.2. The number of H-pyrrole nitrogens is 2. The Bertz CT molecular complexity index is 1140. The zero-order valence-corrected chi connectivity index (χ0v) is 15.1. The molecule has 0 spiro atoms. The minimum atomic E-state index is -0.256. The number of halogens is 1. The largest absolute Gasteiger partial charge is 0.354 e. The molecule has 1 amide bonds. The van der Waals surface area contributed by atoms with E-state index in [1.54, 1.807) is 18.2 Å². The SMILES string of the molecule is Cc1cc(C(=O)NCc2ccc3[nH]c(-c4ccccc4F)c(C)c3c2)n[nH]1. The molecule has 3 N–H and O–H groups in total. The minimum Gasteiger partial charge on any atom is -0.354 e. The van der Waals surface area contributed by atoms with Gasteiger partial charge in [-0.2, -0.15) is 5.10 Å². The van der Waals surface area contributed by atoms with Crippen molar-refractivity contribution in [3.05, 3.63) is 76.9 Å². The Morgan fingerprint density at radius 1 is 1.15 bits per heavy atom. The van der Waals surface area contributed by atoms with Gasteiger partial charge in [0.1, 0.15) is 11.5 Å². The number of benzene rings is 2. The number of aryl methyl sites for hydroxylation is 2. The van der Waals surface area contributed by atoms with Crippen molar-refractivity contribution in [1.82, 2.24) is 20.5 Å². The topological polar surface area (TPSA) is 73.6 Å². The van der Waals surface area contributed by atoms with Crippen LogP contribution in [0.15, 0.2) is 48.5 Å². The van der Waals surface area contributed by atoms with E-state index < -0.39 is 0 Å². The summed E-state index contributed by atoms with van der Waals surface area (Å²) in [5.74, 6) is -0.480. The van der Waals surface area contributed by atoms with Crippen LogP contribution in [0.2, 0.25) is 0 Å². The molecule has 0 unspecified atom stereocenters. The summed E-state index contributed by atoms with van der Waals surface area (Å²) < 4.78 is 14.2. The van der Waals surface area contributed by atoms with E-state index in [1.807, 2.05) is 38.1 Å². The fourth-order valence-corrected chi connectivity index (χ4v) is 3.22. The van der Waals surface area contributed by atoms with Crippen molar-refractivity contribution in [2.75, 3.05) is 0 Å². The van der Waals surface area contributed by atoms with Gasteiger partial charge in [-0.25, -0.2) is 4.39 Å². The molecule has 4 aromatic rings. The number of carbonyl (C=O) groups excluding carboxylic acids is 1. The first-order valence-electron chi connectivity index (χ1n) is 8.69. The van der Waals surface area contributed by atoms with Gasteiger partial charge in [0.15, 0.2) is 0 Å². The van der Waals surface area contributed by atoms with Gasteiger partial charge in [-0.1, -0.05) is 18.2 Å². The predicted molar refractivity (Wildman–Crippen MR) is 103 cm³/mol. The van der Waals surface area contributed by atoms with E-state index >= 15 is 0 Å². The summed E-state index contributed by atoms with van der Waals surface area (Å²) in [6.07, 6.45) is 0. The van der Waals surface area contributed by atoms with Crippen LogP contribution in [0.1, 0.15) is 27.3 Å². The van der Waals surface area contributed by atoms with E-state index in [0.29, 0.717) is 17.8 Å². The molecule has 0 saturated carbocycles. The monoisotopic (exact) mass is 362 g/mol. The zero-order valence-electron chi connectivity index (χ0n) is 15.1. The molecule has 6 heteroatoms. The number of hydrogen-bond donors (Lipinski definition) is 3. The quantitative estimate of drug-likeness (QED) is 0.508. The number of nitrogens with one attached hydrogen (secondary N) is 3. The molecule has 0 atom stereocenters. The second kappa shape index (κ2) is 6.72. The van der Waals surface area contributed by atoms with Gasteiger partial charge < -0.3 is 10.3 Å². The number of amides is 1. The van der Waals surface area contributed by atoms with E-state index in [0.717, 1.165) is 33.4 Å². The number of aromatic amines is 2. The average molecular weight is 362 g/mol. The third-order valence-electron chi connectivity index (χ3n) is 4.66. The van der Waals surface area contributed by atoms with E-state index in [-0.39, 0.29) is 11.7 Å². The van der Waals surface area contributed by atoms with Crippen LogP contribution < -0.4 is 5.32 Å². The molecule has 0 aliphatic rings. The van der Waals surface area contributed by atoms with Crippen molar-refractivity contribution in [3.63, 3.8) is 0 Å². The lowest BCUT2D eigenvalue weighted by Crippen LogP contribution is -2.23. The molecule has 5 nitrogen and oxygen atoms in total. The van der Waals surface area contributed by atoms with Gasteiger partial charge in [-0.05, 0) is 55.3 Å². The molecule has 0 bridgehead atoms. The van der Waals surface area contributed by atoms with Gasteiger partial charge in [0.25, 0.3) is 5.91 Å². The molecular formula is C21H19FN4O. The highest BCUT2D eigenvalue weighted by molar-refractivity contribution is 5.93. The molecule has 0 saturated heterocycles. The van der Waals surface area contributed by atoms with E-state index in [2.05, 4.69) is 20.5 Å². The van der Waals surface area contributed by atoms with Crippen molar-refractivity contribution in [2.24, 2.45) is 0 Å². The smallest absolute Gasteiger partial charge is 0.272 e. The van der Waals surface area contributed by atoms with Crippen molar-refractivity contribution < 1.29 is 9.18 Å². The molecule has 2 aromatic heterocycles. The third-order valence-corrected chi connectivity index (χ3v) is 4.66. The lowest BCUT2D eigenvalue weighted by atomic mass is 10.0. The number of fused-ring (bicyclic) bond motifs is 1. The summed E-state index contributed by atoms with van der Waals surface area (Å²) in [7, 11) is 0.